The first-order valence-corrected chi connectivity index (χ1v) is 7.69. The molecule has 1 aliphatic heterocycles. The summed E-state index contributed by atoms with van der Waals surface area (Å²) in [5.74, 6) is 0.454. The number of benzene rings is 1. The number of ether oxygens (including phenoxy) is 1. The van der Waals surface area contributed by atoms with Crippen molar-refractivity contribution in [2.24, 2.45) is 0 Å². The zero-order valence-corrected chi connectivity index (χ0v) is 12.5. The van der Waals surface area contributed by atoms with Crippen LogP contribution in [0.4, 0.5) is 5.95 Å². The SMILES string of the molecule is O=c1[nH]c(NC2CCCOC2)nc2c1cnn2-c1ccccc1. The van der Waals surface area contributed by atoms with Gasteiger partial charge in [-0.3, -0.25) is 9.78 Å². The highest BCUT2D eigenvalue weighted by molar-refractivity contribution is 5.76. The van der Waals surface area contributed by atoms with E-state index in [1.807, 2.05) is 30.3 Å². The van der Waals surface area contributed by atoms with Crippen molar-refractivity contribution in [3.8, 4) is 5.69 Å². The van der Waals surface area contributed by atoms with Gasteiger partial charge in [-0.25, -0.2) is 4.68 Å². The van der Waals surface area contributed by atoms with E-state index in [4.69, 9.17) is 4.74 Å². The van der Waals surface area contributed by atoms with Crippen molar-refractivity contribution < 1.29 is 4.74 Å². The molecule has 0 aliphatic carbocycles. The van der Waals surface area contributed by atoms with Crippen LogP contribution in [0.25, 0.3) is 16.7 Å². The quantitative estimate of drug-likeness (QED) is 0.769. The average molecular weight is 311 g/mol. The molecule has 118 valence electrons. The first kappa shape index (κ1) is 14.0. The van der Waals surface area contributed by atoms with Gasteiger partial charge in [0.1, 0.15) is 5.39 Å². The maximum Gasteiger partial charge on any atom is 0.263 e. The van der Waals surface area contributed by atoms with Crippen LogP contribution >= 0.6 is 0 Å². The monoisotopic (exact) mass is 311 g/mol. The summed E-state index contributed by atoms with van der Waals surface area (Å²) >= 11 is 0. The average Bonchev–Trinajstić information content (AvgIpc) is 3.01. The van der Waals surface area contributed by atoms with Gasteiger partial charge in [-0.05, 0) is 25.0 Å². The highest BCUT2D eigenvalue weighted by Crippen LogP contribution is 2.16. The second-order valence-electron chi connectivity index (χ2n) is 5.60. The van der Waals surface area contributed by atoms with Crippen LogP contribution in [0, 0.1) is 0 Å². The first-order chi connectivity index (χ1) is 11.3. The molecule has 23 heavy (non-hydrogen) atoms. The molecule has 1 aliphatic rings. The number of aromatic amines is 1. The Bertz CT molecular complexity index is 865. The highest BCUT2D eigenvalue weighted by atomic mass is 16.5. The highest BCUT2D eigenvalue weighted by Gasteiger charge is 2.16. The normalized spacial score (nSPS) is 18.2. The summed E-state index contributed by atoms with van der Waals surface area (Å²) in [6.45, 7) is 1.42. The zero-order valence-electron chi connectivity index (χ0n) is 12.5. The van der Waals surface area contributed by atoms with Crippen LogP contribution in [0.15, 0.2) is 41.3 Å². The van der Waals surface area contributed by atoms with E-state index in [0.29, 0.717) is 23.6 Å². The van der Waals surface area contributed by atoms with Crippen molar-refractivity contribution in [2.45, 2.75) is 18.9 Å². The van der Waals surface area contributed by atoms with Crippen LogP contribution in [0.5, 0.6) is 0 Å². The van der Waals surface area contributed by atoms with Gasteiger partial charge in [-0.15, -0.1) is 0 Å². The van der Waals surface area contributed by atoms with E-state index < -0.39 is 0 Å². The van der Waals surface area contributed by atoms with Crippen molar-refractivity contribution in [1.29, 1.82) is 0 Å². The fraction of sp³-hybridized carbons (Fsp3) is 0.312. The number of hydrogen-bond acceptors (Lipinski definition) is 5. The molecule has 2 aromatic heterocycles. The van der Waals surface area contributed by atoms with Gasteiger partial charge in [0.15, 0.2) is 5.65 Å². The maximum atomic E-state index is 12.3. The smallest absolute Gasteiger partial charge is 0.263 e. The molecule has 0 bridgehead atoms. The maximum absolute atomic E-state index is 12.3. The molecule has 1 saturated heterocycles. The Kier molecular flexibility index (Phi) is 3.55. The molecule has 4 rings (SSSR count). The van der Waals surface area contributed by atoms with E-state index in [2.05, 4.69) is 20.4 Å². The van der Waals surface area contributed by atoms with E-state index in [9.17, 15) is 4.79 Å². The minimum absolute atomic E-state index is 0.164. The minimum Gasteiger partial charge on any atom is -0.379 e. The molecule has 0 spiro atoms. The summed E-state index contributed by atoms with van der Waals surface area (Å²) in [6, 6.07) is 9.81. The van der Waals surface area contributed by atoms with E-state index in [0.717, 1.165) is 25.1 Å². The van der Waals surface area contributed by atoms with Crippen molar-refractivity contribution in [3.63, 3.8) is 0 Å². The Morgan fingerprint density at radius 1 is 1.30 bits per heavy atom. The zero-order chi connectivity index (χ0) is 15.6. The van der Waals surface area contributed by atoms with Crippen LogP contribution in [0.2, 0.25) is 0 Å². The molecule has 0 saturated carbocycles. The van der Waals surface area contributed by atoms with Gasteiger partial charge in [0, 0.05) is 6.61 Å². The van der Waals surface area contributed by atoms with Crippen LogP contribution in [-0.4, -0.2) is 39.0 Å². The topological polar surface area (TPSA) is 84.8 Å². The largest absolute Gasteiger partial charge is 0.379 e. The molecule has 7 nitrogen and oxygen atoms in total. The molecule has 0 radical (unpaired) electrons. The molecule has 3 heterocycles. The number of anilines is 1. The first-order valence-electron chi connectivity index (χ1n) is 7.69. The van der Waals surface area contributed by atoms with Crippen molar-refractivity contribution in [3.05, 3.63) is 46.9 Å². The second-order valence-corrected chi connectivity index (χ2v) is 5.60. The van der Waals surface area contributed by atoms with Crippen LogP contribution in [0.3, 0.4) is 0 Å². The number of nitrogens with zero attached hydrogens (tertiary/aromatic N) is 3. The van der Waals surface area contributed by atoms with Crippen LogP contribution in [-0.2, 0) is 4.74 Å². The molecule has 1 unspecified atom stereocenters. The number of nitrogens with one attached hydrogen (secondary N) is 2. The molecule has 2 N–H and O–H groups in total. The standard InChI is InChI=1S/C16H17N5O2/c22-15-13-9-17-21(12-6-2-1-3-7-12)14(13)19-16(20-15)18-11-5-4-8-23-10-11/h1-3,6-7,9,11H,4-5,8,10H2,(H2,18,19,20,22). The fourth-order valence-corrected chi connectivity index (χ4v) is 2.79. The summed E-state index contributed by atoms with van der Waals surface area (Å²) in [5, 5.41) is 8.02. The van der Waals surface area contributed by atoms with Gasteiger partial charge in [-0.2, -0.15) is 10.1 Å². The predicted molar refractivity (Wildman–Crippen MR) is 86.9 cm³/mol. The van der Waals surface area contributed by atoms with Gasteiger partial charge < -0.3 is 10.1 Å². The van der Waals surface area contributed by atoms with Gasteiger partial charge >= 0.3 is 0 Å². The van der Waals surface area contributed by atoms with Crippen LogP contribution in [0.1, 0.15) is 12.8 Å². The van der Waals surface area contributed by atoms with E-state index >= 15 is 0 Å². The molecule has 3 aromatic rings. The van der Waals surface area contributed by atoms with E-state index in [1.54, 1.807) is 10.9 Å². The molecule has 1 aromatic carbocycles. The third-order valence-electron chi connectivity index (χ3n) is 3.94. The van der Waals surface area contributed by atoms with Gasteiger partial charge in [0.05, 0.1) is 24.5 Å². The lowest BCUT2D eigenvalue weighted by Crippen LogP contribution is -2.31. The summed E-state index contributed by atoms with van der Waals surface area (Å²) < 4.78 is 7.12. The number of rotatable bonds is 3. The molecular formula is C16H17N5O2. The number of fused-ring (bicyclic) bond motifs is 1. The van der Waals surface area contributed by atoms with E-state index in [-0.39, 0.29) is 11.6 Å². The lowest BCUT2D eigenvalue weighted by molar-refractivity contribution is 0.0874. The Balaban J connectivity index is 1.74. The lowest BCUT2D eigenvalue weighted by atomic mass is 10.1. The lowest BCUT2D eigenvalue weighted by Gasteiger charge is -2.23. The Morgan fingerprint density at radius 2 is 2.17 bits per heavy atom. The third kappa shape index (κ3) is 2.70. The molecule has 1 atom stereocenters. The van der Waals surface area contributed by atoms with Crippen LogP contribution < -0.4 is 10.9 Å². The molecule has 0 amide bonds. The summed E-state index contributed by atoms with van der Waals surface area (Å²) in [5.41, 5.74) is 1.21. The molecule has 7 heteroatoms. The summed E-state index contributed by atoms with van der Waals surface area (Å²) in [4.78, 5) is 19.6. The van der Waals surface area contributed by atoms with Gasteiger partial charge in [0.2, 0.25) is 5.95 Å². The number of H-pyrrole nitrogens is 1. The predicted octanol–water partition coefficient (Wildman–Crippen LogP) is 1.70. The molecular weight excluding hydrogens is 294 g/mol. The Labute approximate surface area is 132 Å². The Morgan fingerprint density at radius 3 is 2.96 bits per heavy atom. The molecule has 1 fully saturated rings. The van der Waals surface area contributed by atoms with Crippen molar-refractivity contribution in [2.75, 3.05) is 18.5 Å². The number of hydrogen-bond donors (Lipinski definition) is 2. The third-order valence-corrected chi connectivity index (χ3v) is 3.94. The van der Waals surface area contributed by atoms with Gasteiger partial charge in [-0.1, -0.05) is 18.2 Å². The van der Waals surface area contributed by atoms with Crippen molar-refractivity contribution in [1.82, 2.24) is 19.7 Å². The van der Waals surface area contributed by atoms with Gasteiger partial charge in [0.25, 0.3) is 5.56 Å². The number of para-hydroxylation sites is 1. The fourth-order valence-electron chi connectivity index (χ4n) is 2.79. The summed E-state index contributed by atoms with van der Waals surface area (Å²) in [6.07, 6.45) is 3.55. The van der Waals surface area contributed by atoms with Crippen molar-refractivity contribution >= 4 is 17.0 Å². The Hall–Kier alpha value is -2.67. The summed E-state index contributed by atoms with van der Waals surface area (Å²) in [7, 11) is 0. The minimum atomic E-state index is -0.198. The second kappa shape index (κ2) is 5.85. The van der Waals surface area contributed by atoms with E-state index in [1.165, 1.54) is 0 Å². The number of aromatic nitrogens is 4.